The summed E-state index contributed by atoms with van der Waals surface area (Å²) in [4.78, 5) is 44.6. The smallest absolute Gasteiger partial charge is 0.261 e. The fourth-order valence-corrected chi connectivity index (χ4v) is 4.33. The molecule has 0 unspecified atom stereocenters. The summed E-state index contributed by atoms with van der Waals surface area (Å²) >= 11 is 0. The maximum atomic E-state index is 13.0. The number of anilines is 2. The number of hydrogen-bond acceptors (Lipinski definition) is 6. The topological polar surface area (TPSA) is 106 Å². The maximum absolute atomic E-state index is 13.0. The van der Waals surface area contributed by atoms with Gasteiger partial charge in [-0.15, -0.1) is 0 Å². The molecule has 9 heteroatoms. The van der Waals surface area contributed by atoms with Crippen molar-refractivity contribution < 1.29 is 14.3 Å². The number of ether oxygens (including phenoxy) is 1. The highest BCUT2D eigenvalue weighted by Gasteiger charge is 2.28. The fourth-order valence-electron chi connectivity index (χ4n) is 4.33. The van der Waals surface area contributed by atoms with Crippen molar-refractivity contribution in [3.63, 3.8) is 0 Å². The highest BCUT2D eigenvalue weighted by Crippen LogP contribution is 2.35. The number of carbonyl (C=O) groups excluding carboxylic acids is 2. The van der Waals surface area contributed by atoms with Gasteiger partial charge in [-0.1, -0.05) is 12.1 Å². The number of benzene rings is 2. The van der Waals surface area contributed by atoms with E-state index in [2.05, 4.69) is 20.5 Å². The molecule has 1 aromatic heterocycles. The highest BCUT2D eigenvalue weighted by atomic mass is 16.5. The first-order valence-corrected chi connectivity index (χ1v) is 12.1. The Bertz CT molecular complexity index is 1280. The van der Waals surface area contributed by atoms with Gasteiger partial charge < -0.3 is 15.4 Å². The van der Waals surface area contributed by atoms with Crippen molar-refractivity contribution in [1.29, 1.82) is 0 Å². The van der Waals surface area contributed by atoms with Crippen LogP contribution in [0.5, 0.6) is 0 Å². The second-order valence-corrected chi connectivity index (χ2v) is 9.01. The molecule has 2 heterocycles. The van der Waals surface area contributed by atoms with Crippen LogP contribution in [0.15, 0.2) is 53.3 Å². The third-order valence-electron chi connectivity index (χ3n) is 6.29. The molecule has 5 rings (SSSR count). The largest absolute Gasteiger partial charge is 0.379 e. The lowest BCUT2D eigenvalue weighted by Crippen LogP contribution is -2.41. The number of carbonyl (C=O) groups is 2. The van der Waals surface area contributed by atoms with Gasteiger partial charge in [0.05, 0.1) is 30.7 Å². The van der Waals surface area contributed by atoms with Crippen molar-refractivity contribution in [3.05, 3.63) is 64.7 Å². The van der Waals surface area contributed by atoms with Crippen molar-refractivity contribution in [2.45, 2.75) is 31.7 Å². The first kappa shape index (κ1) is 23.2. The van der Waals surface area contributed by atoms with Crippen molar-refractivity contribution in [2.75, 3.05) is 43.5 Å². The Hall–Kier alpha value is -3.56. The van der Waals surface area contributed by atoms with Crippen LogP contribution in [0, 0.1) is 0 Å². The van der Waals surface area contributed by atoms with E-state index in [0.717, 1.165) is 25.9 Å². The van der Waals surface area contributed by atoms with Gasteiger partial charge in [0, 0.05) is 43.3 Å². The van der Waals surface area contributed by atoms with Gasteiger partial charge in [-0.2, -0.15) is 0 Å². The summed E-state index contributed by atoms with van der Waals surface area (Å²) in [5, 5.41) is 6.39. The maximum Gasteiger partial charge on any atom is 0.261 e. The molecule has 1 saturated heterocycles. The highest BCUT2D eigenvalue weighted by molar-refractivity contribution is 5.93. The lowest BCUT2D eigenvalue weighted by molar-refractivity contribution is -0.118. The Morgan fingerprint density at radius 3 is 2.29 bits per heavy atom. The zero-order valence-electron chi connectivity index (χ0n) is 19.5. The van der Waals surface area contributed by atoms with E-state index in [0.29, 0.717) is 54.3 Å². The van der Waals surface area contributed by atoms with E-state index in [1.807, 2.05) is 18.2 Å². The molecule has 1 aliphatic carbocycles. The van der Waals surface area contributed by atoms with Crippen molar-refractivity contribution in [1.82, 2.24) is 14.5 Å². The predicted molar refractivity (Wildman–Crippen MR) is 134 cm³/mol. The van der Waals surface area contributed by atoms with Crippen LogP contribution in [0.2, 0.25) is 0 Å². The molecule has 0 radical (unpaired) electrons. The average Bonchev–Trinajstić information content (AvgIpc) is 3.70. The molecule has 2 N–H and O–H groups in total. The minimum Gasteiger partial charge on any atom is -0.379 e. The molecule has 9 nitrogen and oxygen atoms in total. The Labute approximate surface area is 203 Å². The lowest BCUT2D eigenvalue weighted by atomic mass is 10.2. The van der Waals surface area contributed by atoms with Crippen LogP contribution in [-0.4, -0.2) is 59.1 Å². The Morgan fingerprint density at radius 2 is 1.60 bits per heavy atom. The van der Waals surface area contributed by atoms with Gasteiger partial charge in [0.25, 0.3) is 5.56 Å². The SMILES string of the molecule is O=C(CCc1nc2ccccc2c(=O)n1C1CC1)Nc1ccc(NC(=O)CN2CCOCC2)cc1. The number of nitrogens with zero attached hydrogens (tertiary/aromatic N) is 3. The molecule has 2 aliphatic rings. The van der Waals surface area contributed by atoms with Gasteiger partial charge in [0.15, 0.2) is 0 Å². The summed E-state index contributed by atoms with van der Waals surface area (Å²) in [6.45, 7) is 3.14. The van der Waals surface area contributed by atoms with Crippen molar-refractivity contribution >= 4 is 34.1 Å². The molecule has 1 aliphatic heterocycles. The third-order valence-corrected chi connectivity index (χ3v) is 6.29. The number of aromatic nitrogens is 2. The molecule has 3 aromatic rings. The number of rotatable bonds is 8. The van der Waals surface area contributed by atoms with Crippen LogP contribution in [0.25, 0.3) is 10.9 Å². The minimum atomic E-state index is -0.154. The quantitative estimate of drug-likeness (QED) is 0.519. The van der Waals surface area contributed by atoms with Crippen LogP contribution >= 0.6 is 0 Å². The third kappa shape index (κ3) is 5.75. The second kappa shape index (κ2) is 10.4. The normalized spacial score (nSPS) is 16.2. The van der Waals surface area contributed by atoms with Crippen LogP contribution in [-0.2, 0) is 20.7 Å². The van der Waals surface area contributed by atoms with Crippen LogP contribution in [0.4, 0.5) is 11.4 Å². The number of aryl methyl sites for hydroxylation is 1. The summed E-state index contributed by atoms with van der Waals surface area (Å²) in [6.07, 6.45) is 2.54. The monoisotopic (exact) mass is 475 g/mol. The van der Waals surface area contributed by atoms with E-state index >= 15 is 0 Å². The van der Waals surface area contributed by atoms with E-state index in [9.17, 15) is 14.4 Å². The number of amides is 2. The molecule has 0 atom stereocenters. The molecule has 35 heavy (non-hydrogen) atoms. The predicted octanol–water partition coefficient (Wildman–Crippen LogP) is 2.57. The van der Waals surface area contributed by atoms with Gasteiger partial charge in [-0.25, -0.2) is 4.98 Å². The van der Waals surface area contributed by atoms with Crippen molar-refractivity contribution in [3.8, 4) is 0 Å². The van der Waals surface area contributed by atoms with E-state index in [1.54, 1.807) is 34.9 Å². The standard InChI is InChI=1S/C26H29N5O4/c32-24(12-11-23-29-22-4-2-1-3-21(22)26(34)31(23)20-9-10-20)27-18-5-7-19(8-6-18)28-25(33)17-30-13-15-35-16-14-30/h1-8,20H,9-17H2,(H,27,32)(H,28,33). The van der Waals surface area contributed by atoms with E-state index in [4.69, 9.17) is 4.74 Å². The summed E-state index contributed by atoms with van der Waals surface area (Å²) < 4.78 is 7.07. The number of hydrogen-bond donors (Lipinski definition) is 2. The Kier molecular flexibility index (Phi) is 6.87. The van der Waals surface area contributed by atoms with Crippen LogP contribution < -0.4 is 16.2 Å². The van der Waals surface area contributed by atoms with Gasteiger partial charge >= 0.3 is 0 Å². The molecule has 2 amide bonds. The Balaban J connectivity index is 1.17. The molecular weight excluding hydrogens is 446 g/mol. The number of nitrogens with one attached hydrogen (secondary N) is 2. The zero-order chi connectivity index (χ0) is 24.2. The summed E-state index contributed by atoms with van der Waals surface area (Å²) in [5.74, 6) is 0.428. The zero-order valence-corrected chi connectivity index (χ0v) is 19.5. The minimum absolute atomic E-state index is 0.0280. The molecule has 2 aromatic carbocycles. The molecular formula is C26H29N5O4. The average molecular weight is 476 g/mol. The molecule has 0 spiro atoms. The fraction of sp³-hybridized carbons (Fsp3) is 0.385. The molecule has 2 fully saturated rings. The van der Waals surface area contributed by atoms with Gasteiger partial charge in [0.1, 0.15) is 5.82 Å². The van der Waals surface area contributed by atoms with Gasteiger partial charge in [-0.3, -0.25) is 23.9 Å². The number of fused-ring (bicyclic) bond motifs is 1. The first-order chi connectivity index (χ1) is 17.1. The summed E-state index contributed by atoms with van der Waals surface area (Å²) in [6, 6.07) is 14.6. The second-order valence-electron chi connectivity index (χ2n) is 9.01. The van der Waals surface area contributed by atoms with Crippen LogP contribution in [0.3, 0.4) is 0 Å². The Morgan fingerprint density at radius 1 is 0.943 bits per heavy atom. The molecule has 1 saturated carbocycles. The van der Waals surface area contributed by atoms with Gasteiger partial charge in [-0.05, 0) is 49.2 Å². The van der Waals surface area contributed by atoms with E-state index in [-0.39, 0.29) is 29.8 Å². The number of para-hydroxylation sites is 1. The van der Waals surface area contributed by atoms with E-state index < -0.39 is 0 Å². The summed E-state index contributed by atoms with van der Waals surface area (Å²) in [5.41, 5.74) is 1.96. The number of morpholine rings is 1. The van der Waals surface area contributed by atoms with Crippen molar-refractivity contribution in [2.24, 2.45) is 0 Å². The summed E-state index contributed by atoms with van der Waals surface area (Å²) in [7, 11) is 0. The lowest BCUT2D eigenvalue weighted by Gasteiger charge is -2.25. The molecule has 0 bridgehead atoms. The van der Waals surface area contributed by atoms with Crippen LogP contribution in [0.1, 0.15) is 31.1 Å². The molecule has 182 valence electrons. The first-order valence-electron chi connectivity index (χ1n) is 12.1. The van der Waals surface area contributed by atoms with Gasteiger partial charge in [0.2, 0.25) is 11.8 Å². The van der Waals surface area contributed by atoms with E-state index in [1.165, 1.54) is 0 Å².